The first-order chi connectivity index (χ1) is 11.8. The van der Waals surface area contributed by atoms with E-state index in [0.717, 1.165) is 24.7 Å². The van der Waals surface area contributed by atoms with Crippen molar-refractivity contribution in [3.63, 3.8) is 0 Å². The highest BCUT2D eigenvalue weighted by atomic mass is 35.5. The van der Waals surface area contributed by atoms with Crippen molar-refractivity contribution < 1.29 is 14.3 Å². The lowest BCUT2D eigenvalue weighted by Gasteiger charge is -2.34. The van der Waals surface area contributed by atoms with Gasteiger partial charge in [0.2, 0.25) is 0 Å². The zero-order chi connectivity index (χ0) is 18.4. The van der Waals surface area contributed by atoms with Crippen LogP contribution in [0.15, 0.2) is 6.07 Å². The van der Waals surface area contributed by atoms with Gasteiger partial charge in [0.25, 0.3) is 0 Å². The van der Waals surface area contributed by atoms with Crippen LogP contribution in [0.3, 0.4) is 0 Å². The quantitative estimate of drug-likeness (QED) is 0.804. The number of piperidine rings is 1. The van der Waals surface area contributed by atoms with E-state index in [-0.39, 0.29) is 12.1 Å². The number of rotatable bonds is 5. The summed E-state index contributed by atoms with van der Waals surface area (Å²) in [4.78, 5) is 24.5. The minimum absolute atomic E-state index is 0.0654. The molecule has 1 N–H and O–H groups in total. The van der Waals surface area contributed by atoms with Crippen molar-refractivity contribution in [2.75, 3.05) is 18.4 Å². The number of anilines is 1. The Bertz CT molecular complexity index is 618. The molecule has 1 saturated heterocycles. The summed E-state index contributed by atoms with van der Waals surface area (Å²) in [7, 11) is 0. The van der Waals surface area contributed by atoms with E-state index in [1.807, 2.05) is 26.8 Å². The third-order valence-corrected chi connectivity index (χ3v) is 4.10. The van der Waals surface area contributed by atoms with E-state index in [2.05, 4.69) is 15.5 Å². The number of nitrogens with one attached hydrogen (secondary N) is 1. The molecule has 0 aliphatic carbocycles. The lowest BCUT2D eigenvalue weighted by molar-refractivity contribution is -0.107. The second kappa shape index (κ2) is 8.47. The first-order valence-corrected chi connectivity index (χ1v) is 8.86. The van der Waals surface area contributed by atoms with Crippen molar-refractivity contribution in [2.45, 2.75) is 58.1 Å². The molecular weight excluding hydrogens is 344 g/mol. The summed E-state index contributed by atoms with van der Waals surface area (Å²) in [5.41, 5.74) is 0.276. The fraction of sp³-hybridized carbons (Fsp3) is 0.647. The van der Waals surface area contributed by atoms with Gasteiger partial charge in [0.15, 0.2) is 5.15 Å². The van der Waals surface area contributed by atoms with Crippen LogP contribution in [0.1, 0.15) is 45.6 Å². The van der Waals surface area contributed by atoms with Crippen LogP contribution >= 0.6 is 11.6 Å². The molecule has 7 nitrogen and oxygen atoms in total. The van der Waals surface area contributed by atoms with Crippen molar-refractivity contribution in [1.82, 2.24) is 15.1 Å². The van der Waals surface area contributed by atoms with Crippen LogP contribution < -0.4 is 5.32 Å². The Hall–Kier alpha value is -1.89. The zero-order valence-corrected chi connectivity index (χ0v) is 15.7. The van der Waals surface area contributed by atoms with Crippen LogP contribution in [0.5, 0.6) is 0 Å². The maximum absolute atomic E-state index is 12.2. The second-order valence-corrected chi connectivity index (χ2v) is 7.52. The van der Waals surface area contributed by atoms with E-state index >= 15 is 0 Å². The third kappa shape index (κ3) is 6.16. The zero-order valence-electron chi connectivity index (χ0n) is 14.9. The molecule has 1 aromatic heterocycles. The number of carbonyl (C=O) groups is 2. The number of aryl methyl sites for hydroxylation is 1. The molecule has 1 fully saturated rings. The molecule has 1 aliphatic heterocycles. The molecule has 1 atom stereocenters. The van der Waals surface area contributed by atoms with Gasteiger partial charge in [-0.25, -0.2) is 4.79 Å². The Balaban J connectivity index is 1.98. The predicted molar refractivity (Wildman–Crippen MR) is 95.9 cm³/mol. The van der Waals surface area contributed by atoms with Crippen LogP contribution in [0.4, 0.5) is 10.6 Å². The number of halogens is 1. The van der Waals surface area contributed by atoms with Crippen molar-refractivity contribution in [2.24, 2.45) is 0 Å². The highest BCUT2D eigenvalue weighted by Crippen LogP contribution is 2.20. The molecule has 0 saturated carbocycles. The van der Waals surface area contributed by atoms with E-state index < -0.39 is 5.60 Å². The number of nitrogens with zero attached hydrogens (tertiary/aromatic N) is 3. The maximum Gasteiger partial charge on any atom is 0.410 e. The van der Waals surface area contributed by atoms with Gasteiger partial charge in [0.1, 0.15) is 17.7 Å². The molecule has 1 aromatic rings. The van der Waals surface area contributed by atoms with Crippen LogP contribution in [0.25, 0.3) is 0 Å². The number of aldehydes is 1. The third-order valence-electron chi connectivity index (χ3n) is 3.78. The predicted octanol–water partition coefficient (Wildman–Crippen LogP) is 3.07. The van der Waals surface area contributed by atoms with E-state index in [1.165, 1.54) is 0 Å². The van der Waals surface area contributed by atoms with Gasteiger partial charge in [-0.3, -0.25) is 0 Å². The largest absolute Gasteiger partial charge is 0.444 e. The lowest BCUT2D eigenvalue weighted by Crippen LogP contribution is -2.47. The fourth-order valence-electron chi connectivity index (χ4n) is 2.67. The summed E-state index contributed by atoms with van der Waals surface area (Å²) in [5, 5.41) is 11.6. The maximum atomic E-state index is 12.2. The molecule has 1 aliphatic rings. The highest BCUT2D eigenvalue weighted by molar-refractivity contribution is 6.30. The Morgan fingerprint density at radius 3 is 2.92 bits per heavy atom. The van der Waals surface area contributed by atoms with Crippen molar-refractivity contribution >= 4 is 29.8 Å². The number of ether oxygens (including phenoxy) is 1. The Labute approximate surface area is 153 Å². The number of hydrogen-bond acceptors (Lipinski definition) is 6. The van der Waals surface area contributed by atoms with E-state index in [9.17, 15) is 9.59 Å². The van der Waals surface area contributed by atoms with Gasteiger partial charge >= 0.3 is 6.09 Å². The fourth-order valence-corrected chi connectivity index (χ4v) is 2.86. The SMILES string of the molecule is CC(C)(C)OC(=O)N1CCC[C@@H](Nc2cc(CCC=O)c(Cl)nn2)C1. The van der Waals surface area contributed by atoms with Crippen LogP contribution in [0.2, 0.25) is 5.15 Å². The Morgan fingerprint density at radius 1 is 1.48 bits per heavy atom. The van der Waals surface area contributed by atoms with Gasteiger partial charge in [0.05, 0.1) is 0 Å². The Morgan fingerprint density at radius 2 is 2.24 bits per heavy atom. The second-order valence-electron chi connectivity index (χ2n) is 7.16. The van der Waals surface area contributed by atoms with Crippen LogP contribution in [0, 0.1) is 0 Å². The topological polar surface area (TPSA) is 84.4 Å². The normalized spacial score (nSPS) is 17.9. The molecule has 2 heterocycles. The molecule has 0 spiro atoms. The summed E-state index contributed by atoms with van der Waals surface area (Å²) >= 11 is 6.01. The molecule has 25 heavy (non-hydrogen) atoms. The summed E-state index contributed by atoms with van der Waals surface area (Å²) in [5.74, 6) is 0.598. The molecule has 2 rings (SSSR count). The molecular formula is C17H25ClN4O3. The minimum Gasteiger partial charge on any atom is -0.444 e. The molecule has 1 amide bonds. The molecule has 8 heteroatoms. The Kier molecular flexibility index (Phi) is 6.58. The highest BCUT2D eigenvalue weighted by Gasteiger charge is 2.27. The van der Waals surface area contributed by atoms with Gasteiger partial charge in [-0.15, -0.1) is 10.2 Å². The summed E-state index contributed by atoms with van der Waals surface area (Å²) in [6.45, 7) is 6.80. The number of hydrogen-bond donors (Lipinski definition) is 1. The molecule has 0 aromatic carbocycles. The number of likely N-dealkylation sites (tertiary alicyclic amines) is 1. The van der Waals surface area contributed by atoms with Crippen molar-refractivity contribution in [1.29, 1.82) is 0 Å². The minimum atomic E-state index is -0.507. The van der Waals surface area contributed by atoms with Crippen molar-refractivity contribution in [3.8, 4) is 0 Å². The number of aromatic nitrogens is 2. The van der Waals surface area contributed by atoms with Gasteiger partial charge in [-0.1, -0.05) is 11.6 Å². The standard InChI is InChI=1S/C17H25ClN4O3/c1-17(2,3)25-16(24)22-8-4-7-13(11-22)19-14-10-12(6-5-9-23)15(18)21-20-14/h9-10,13H,4-8,11H2,1-3H3,(H,19,20)/t13-/m1/s1. The van der Waals surface area contributed by atoms with Crippen LogP contribution in [-0.2, 0) is 16.0 Å². The monoisotopic (exact) mass is 368 g/mol. The van der Waals surface area contributed by atoms with E-state index in [4.69, 9.17) is 16.3 Å². The lowest BCUT2D eigenvalue weighted by atomic mass is 10.1. The van der Waals surface area contributed by atoms with Gasteiger partial charge in [-0.05, 0) is 51.7 Å². The average molecular weight is 369 g/mol. The van der Waals surface area contributed by atoms with E-state index in [0.29, 0.717) is 36.9 Å². The van der Waals surface area contributed by atoms with Gasteiger partial charge in [-0.2, -0.15) is 0 Å². The molecule has 0 radical (unpaired) electrons. The van der Waals surface area contributed by atoms with Crippen molar-refractivity contribution in [3.05, 3.63) is 16.8 Å². The van der Waals surface area contributed by atoms with Gasteiger partial charge < -0.3 is 19.7 Å². The van der Waals surface area contributed by atoms with Gasteiger partial charge in [0, 0.05) is 25.6 Å². The molecule has 138 valence electrons. The molecule has 0 bridgehead atoms. The summed E-state index contributed by atoms with van der Waals surface area (Å²) in [6.07, 6.45) is 3.28. The number of amides is 1. The number of carbonyl (C=O) groups excluding carboxylic acids is 2. The van der Waals surface area contributed by atoms with E-state index in [1.54, 1.807) is 4.90 Å². The van der Waals surface area contributed by atoms with Crippen LogP contribution in [-0.4, -0.2) is 52.2 Å². The molecule has 0 unspecified atom stereocenters. The first kappa shape index (κ1) is 19.4. The first-order valence-electron chi connectivity index (χ1n) is 8.48. The summed E-state index contributed by atoms with van der Waals surface area (Å²) < 4.78 is 5.44. The summed E-state index contributed by atoms with van der Waals surface area (Å²) in [6, 6.07) is 1.88. The average Bonchev–Trinajstić information content (AvgIpc) is 2.54. The smallest absolute Gasteiger partial charge is 0.410 e.